The average molecular weight is 202 g/mol. The van der Waals surface area contributed by atoms with Crippen molar-refractivity contribution in [3.05, 3.63) is 0 Å². The fourth-order valence-corrected chi connectivity index (χ4v) is 2.54. The van der Waals surface area contributed by atoms with Gasteiger partial charge in [-0.05, 0) is 26.0 Å². The highest BCUT2D eigenvalue weighted by molar-refractivity contribution is 7.99. The lowest BCUT2D eigenvalue weighted by molar-refractivity contribution is -0.122. The number of carbonyl (C=O) groups is 1. The highest BCUT2D eigenvalue weighted by atomic mass is 32.2. The van der Waals surface area contributed by atoms with E-state index >= 15 is 0 Å². The van der Waals surface area contributed by atoms with Gasteiger partial charge in [-0.25, -0.2) is 0 Å². The summed E-state index contributed by atoms with van der Waals surface area (Å²) in [5.74, 6) is 1.45. The largest absolute Gasteiger partial charge is 0.375 e. The molecule has 0 spiro atoms. The van der Waals surface area contributed by atoms with Crippen molar-refractivity contribution in [1.82, 2.24) is 0 Å². The van der Waals surface area contributed by atoms with E-state index in [1.54, 1.807) is 11.8 Å². The van der Waals surface area contributed by atoms with Gasteiger partial charge in [0.1, 0.15) is 5.78 Å². The molecule has 0 radical (unpaired) electrons. The molecule has 1 heterocycles. The molecule has 0 aromatic heterocycles. The zero-order chi connectivity index (χ0) is 10.0. The maximum atomic E-state index is 11.7. The van der Waals surface area contributed by atoms with E-state index in [9.17, 15) is 4.79 Å². The van der Waals surface area contributed by atoms with E-state index in [0.29, 0.717) is 17.5 Å². The van der Waals surface area contributed by atoms with Crippen LogP contribution in [0.3, 0.4) is 0 Å². The minimum absolute atomic E-state index is 0.102. The Kier molecular flexibility index (Phi) is 3.80. The van der Waals surface area contributed by atoms with Gasteiger partial charge in [0, 0.05) is 5.92 Å². The van der Waals surface area contributed by atoms with Gasteiger partial charge in [0.25, 0.3) is 0 Å². The molecule has 0 amide bonds. The number of hydrogen-bond donors (Lipinski definition) is 0. The Morgan fingerprint density at radius 1 is 1.31 bits per heavy atom. The molecule has 0 N–H and O–H groups in total. The van der Waals surface area contributed by atoms with Gasteiger partial charge in [-0.2, -0.15) is 11.8 Å². The van der Waals surface area contributed by atoms with Gasteiger partial charge < -0.3 is 4.74 Å². The normalized spacial score (nSPS) is 39.4. The molecule has 1 aliphatic rings. The van der Waals surface area contributed by atoms with Crippen LogP contribution in [0.15, 0.2) is 0 Å². The number of ether oxygens (including phenoxy) is 1. The maximum absolute atomic E-state index is 11.7. The Morgan fingerprint density at radius 2 is 1.92 bits per heavy atom. The summed E-state index contributed by atoms with van der Waals surface area (Å²) >= 11 is 1.60. The predicted molar refractivity (Wildman–Crippen MR) is 56.1 cm³/mol. The fourth-order valence-electron chi connectivity index (χ4n) is 2.06. The lowest BCUT2D eigenvalue weighted by Crippen LogP contribution is -2.28. The van der Waals surface area contributed by atoms with Crippen molar-refractivity contribution in [3.8, 4) is 0 Å². The zero-order valence-electron chi connectivity index (χ0n) is 8.74. The van der Waals surface area contributed by atoms with Crippen molar-refractivity contribution >= 4 is 17.5 Å². The number of hydrogen-bond acceptors (Lipinski definition) is 3. The first-order valence-electron chi connectivity index (χ1n) is 4.75. The van der Waals surface area contributed by atoms with Gasteiger partial charge in [-0.15, -0.1) is 0 Å². The molecule has 4 unspecified atom stereocenters. The Bertz CT molecular complexity index is 193. The van der Waals surface area contributed by atoms with Crippen molar-refractivity contribution in [1.29, 1.82) is 0 Å². The van der Waals surface area contributed by atoms with Crippen LogP contribution < -0.4 is 0 Å². The SMILES string of the molecule is CSCC(=O)C1C(C)OC(C)C1C. The van der Waals surface area contributed by atoms with Gasteiger partial charge in [0.15, 0.2) is 0 Å². The zero-order valence-corrected chi connectivity index (χ0v) is 9.56. The van der Waals surface area contributed by atoms with Crippen molar-refractivity contribution < 1.29 is 9.53 Å². The second kappa shape index (κ2) is 4.47. The fraction of sp³-hybridized carbons (Fsp3) is 0.900. The smallest absolute Gasteiger partial charge is 0.148 e. The number of carbonyl (C=O) groups excluding carboxylic acids is 1. The molecular weight excluding hydrogens is 184 g/mol. The topological polar surface area (TPSA) is 26.3 Å². The van der Waals surface area contributed by atoms with E-state index in [1.807, 2.05) is 20.1 Å². The number of rotatable bonds is 3. The van der Waals surface area contributed by atoms with E-state index < -0.39 is 0 Å². The predicted octanol–water partition coefficient (Wildman–Crippen LogP) is 1.98. The maximum Gasteiger partial charge on any atom is 0.148 e. The standard InChI is InChI=1S/C10H18O2S/c1-6-7(2)12-8(3)10(6)9(11)5-13-4/h6-8,10H,5H2,1-4H3. The molecule has 1 aliphatic heterocycles. The van der Waals surface area contributed by atoms with Crippen LogP contribution in [0, 0.1) is 11.8 Å². The Morgan fingerprint density at radius 3 is 2.31 bits per heavy atom. The third kappa shape index (κ3) is 2.26. The van der Waals surface area contributed by atoms with Gasteiger partial charge in [-0.3, -0.25) is 4.79 Å². The third-order valence-electron chi connectivity index (χ3n) is 2.90. The minimum Gasteiger partial charge on any atom is -0.375 e. The van der Waals surface area contributed by atoms with Gasteiger partial charge >= 0.3 is 0 Å². The monoisotopic (exact) mass is 202 g/mol. The highest BCUT2D eigenvalue weighted by Crippen LogP contribution is 2.33. The Hall–Kier alpha value is -0.0200. The Labute approximate surface area is 84.4 Å². The van der Waals surface area contributed by atoms with Crippen LogP contribution in [-0.2, 0) is 9.53 Å². The molecule has 0 saturated carbocycles. The summed E-state index contributed by atoms with van der Waals surface area (Å²) in [6.07, 6.45) is 2.29. The van der Waals surface area contributed by atoms with Crippen LogP contribution >= 0.6 is 11.8 Å². The second-order valence-electron chi connectivity index (χ2n) is 3.83. The van der Waals surface area contributed by atoms with Crippen LogP contribution in [0.4, 0.5) is 0 Å². The second-order valence-corrected chi connectivity index (χ2v) is 4.70. The van der Waals surface area contributed by atoms with Crippen LogP contribution in [-0.4, -0.2) is 30.0 Å². The van der Waals surface area contributed by atoms with Crippen molar-refractivity contribution in [2.45, 2.75) is 33.0 Å². The van der Waals surface area contributed by atoms with Gasteiger partial charge in [0.05, 0.1) is 18.0 Å². The third-order valence-corrected chi connectivity index (χ3v) is 3.47. The van der Waals surface area contributed by atoms with Crippen molar-refractivity contribution in [2.75, 3.05) is 12.0 Å². The van der Waals surface area contributed by atoms with Crippen LogP contribution in [0.1, 0.15) is 20.8 Å². The molecule has 0 aliphatic carbocycles. The molecule has 0 bridgehead atoms. The van der Waals surface area contributed by atoms with Crippen molar-refractivity contribution in [3.63, 3.8) is 0 Å². The van der Waals surface area contributed by atoms with E-state index in [4.69, 9.17) is 4.74 Å². The van der Waals surface area contributed by atoms with Gasteiger partial charge in [0.2, 0.25) is 0 Å². The van der Waals surface area contributed by atoms with Crippen molar-refractivity contribution in [2.24, 2.45) is 11.8 Å². The summed E-state index contributed by atoms with van der Waals surface area (Å²) in [6, 6.07) is 0. The number of thioether (sulfide) groups is 1. The Balaban J connectivity index is 2.62. The summed E-state index contributed by atoms with van der Waals surface area (Å²) in [7, 11) is 0. The summed E-state index contributed by atoms with van der Waals surface area (Å²) < 4.78 is 5.62. The molecule has 3 heteroatoms. The quantitative estimate of drug-likeness (QED) is 0.700. The van der Waals surface area contributed by atoms with E-state index in [2.05, 4.69) is 6.92 Å². The highest BCUT2D eigenvalue weighted by Gasteiger charge is 2.40. The number of ketones is 1. The van der Waals surface area contributed by atoms with E-state index in [0.717, 1.165) is 0 Å². The summed E-state index contributed by atoms with van der Waals surface area (Å²) in [4.78, 5) is 11.7. The molecule has 1 rings (SSSR count). The molecule has 13 heavy (non-hydrogen) atoms. The van der Waals surface area contributed by atoms with Crippen LogP contribution in [0.25, 0.3) is 0 Å². The summed E-state index contributed by atoms with van der Waals surface area (Å²) in [6.45, 7) is 6.16. The minimum atomic E-state index is 0.102. The van der Waals surface area contributed by atoms with E-state index in [1.165, 1.54) is 0 Å². The molecule has 0 aromatic rings. The van der Waals surface area contributed by atoms with Crippen LogP contribution in [0.2, 0.25) is 0 Å². The first-order valence-corrected chi connectivity index (χ1v) is 6.14. The lowest BCUT2D eigenvalue weighted by Gasteiger charge is -2.16. The summed E-state index contributed by atoms with van der Waals surface area (Å²) in [5.41, 5.74) is 0. The molecule has 1 saturated heterocycles. The molecule has 0 aromatic carbocycles. The molecule has 2 nitrogen and oxygen atoms in total. The average Bonchev–Trinajstić information content (AvgIpc) is 2.27. The molecule has 1 fully saturated rings. The van der Waals surface area contributed by atoms with Gasteiger partial charge in [-0.1, -0.05) is 6.92 Å². The van der Waals surface area contributed by atoms with E-state index in [-0.39, 0.29) is 18.1 Å². The first kappa shape index (κ1) is 11.1. The number of Topliss-reactive ketones (excluding diaryl/α,β-unsaturated/α-hetero) is 1. The summed E-state index contributed by atoms with van der Waals surface area (Å²) in [5, 5.41) is 0. The molecule has 76 valence electrons. The lowest BCUT2D eigenvalue weighted by atomic mass is 9.87. The molecule has 4 atom stereocenters. The first-order chi connectivity index (χ1) is 6.07. The van der Waals surface area contributed by atoms with Crippen LogP contribution in [0.5, 0.6) is 0 Å². The molecular formula is C10H18O2S.